The van der Waals surface area contributed by atoms with Crippen molar-refractivity contribution in [3.8, 4) is 5.88 Å². The van der Waals surface area contributed by atoms with E-state index in [1.54, 1.807) is 13.8 Å². The van der Waals surface area contributed by atoms with Crippen LogP contribution in [0.5, 0.6) is 5.88 Å². The Bertz CT molecular complexity index is 893. The van der Waals surface area contributed by atoms with Crippen LogP contribution in [0, 0.1) is 0 Å². The molecule has 2 amide bonds. The maximum atomic E-state index is 12.6. The number of alkyl halides is 3. The molecule has 7 nitrogen and oxygen atoms in total. The van der Waals surface area contributed by atoms with Crippen LogP contribution in [0.2, 0.25) is 5.02 Å². The van der Waals surface area contributed by atoms with Gasteiger partial charge in [0.25, 0.3) is 5.91 Å². The summed E-state index contributed by atoms with van der Waals surface area (Å²) < 4.78 is 43.2. The van der Waals surface area contributed by atoms with E-state index in [-0.39, 0.29) is 41.2 Å². The van der Waals surface area contributed by atoms with Crippen molar-refractivity contribution < 1.29 is 27.5 Å². The SMILES string of the molecule is CCC(=O)Nc1cc(C(=O)N[C@H](C)COc2ncc(C(F)(F)F)cc2Cl)ccn1. The number of halogens is 4. The van der Waals surface area contributed by atoms with E-state index >= 15 is 0 Å². The molecule has 0 unspecified atom stereocenters. The summed E-state index contributed by atoms with van der Waals surface area (Å²) in [4.78, 5) is 31.3. The molecule has 1 atom stereocenters. The van der Waals surface area contributed by atoms with Gasteiger partial charge in [-0.2, -0.15) is 13.2 Å². The lowest BCUT2D eigenvalue weighted by Gasteiger charge is -2.16. The second-order valence-corrected chi connectivity index (χ2v) is 6.43. The van der Waals surface area contributed by atoms with E-state index in [1.165, 1.54) is 18.3 Å². The third kappa shape index (κ3) is 6.60. The van der Waals surface area contributed by atoms with Gasteiger partial charge >= 0.3 is 6.18 Å². The summed E-state index contributed by atoms with van der Waals surface area (Å²) in [5.74, 6) is -0.608. The number of hydrogen-bond donors (Lipinski definition) is 2. The molecule has 0 bridgehead atoms. The van der Waals surface area contributed by atoms with Gasteiger partial charge in [0.15, 0.2) is 0 Å². The number of anilines is 1. The lowest BCUT2D eigenvalue weighted by Crippen LogP contribution is -2.37. The normalized spacial score (nSPS) is 12.2. The molecule has 0 saturated carbocycles. The number of nitrogens with one attached hydrogen (secondary N) is 2. The average molecular weight is 431 g/mol. The maximum Gasteiger partial charge on any atom is 0.417 e. The smallest absolute Gasteiger partial charge is 0.417 e. The molecule has 156 valence electrons. The van der Waals surface area contributed by atoms with Gasteiger partial charge in [0, 0.05) is 24.4 Å². The Balaban J connectivity index is 1.94. The number of carbonyl (C=O) groups excluding carboxylic acids is 2. The molecule has 29 heavy (non-hydrogen) atoms. The fraction of sp³-hybridized carbons (Fsp3) is 0.333. The Kier molecular flexibility index (Phi) is 7.38. The number of ether oxygens (including phenoxy) is 1. The Morgan fingerprint density at radius 1 is 1.28 bits per heavy atom. The Morgan fingerprint density at radius 2 is 2.00 bits per heavy atom. The van der Waals surface area contributed by atoms with Crippen molar-refractivity contribution in [1.82, 2.24) is 15.3 Å². The molecule has 0 radical (unpaired) electrons. The Morgan fingerprint density at radius 3 is 2.62 bits per heavy atom. The molecular weight excluding hydrogens is 413 g/mol. The van der Waals surface area contributed by atoms with Gasteiger partial charge in [-0.1, -0.05) is 18.5 Å². The van der Waals surface area contributed by atoms with Gasteiger partial charge in [-0.25, -0.2) is 9.97 Å². The highest BCUT2D eigenvalue weighted by atomic mass is 35.5. The van der Waals surface area contributed by atoms with E-state index in [4.69, 9.17) is 16.3 Å². The quantitative estimate of drug-likeness (QED) is 0.698. The Labute approximate surface area is 169 Å². The van der Waals surface area contributed by atoms with Gasteiger partial charge in [0.05, 0.1) is 11.6 Å². The summed E-state index contributed by atoms with van der Waals surface area (Å²) in [5, 5.41) is 4.92. The van der Waals surface area contributed by atoms with Crippen LogP contribution in [0.3, 0.4) is 0 Å². The first-order chi connectivity index (χ1) is 13.6. The van der Waals surface area contributed by atoms with Gasteiger partial charge in [0.1, 0.15) is 17.4 Å². The number of aromatic nitrogens is 2. The van der Waals surface area contributed by atoms with Crippen molar-refractivity contribution in [2.75, 3.05) is 11.9 Å². The lowest BCUT2D eigenvalue weighted by atomic mass is 10.2. The second kappa shape index (κ2) is 9.55. The summed E-state index contributed by atoms with van der Waals surface area (Å²) in [6.07, 6.45) is -2.29. The van der Waals surface area contributed by atoms with Crippen molar-refractivity contribution in [2.45, 2.75) is 32.5 Å². The first-order valence-electron chi connectivity index (χ1n) is 8.52. The van der Waals surface area contributed by atoms with Crippen LogP contribution >= 0.6 is 11.6 Å². The zero-order valence-corrected chi connectivity index (χ0v) is 16.3. The van der Waals surface area contributed by atoms with Gasteiger partial charge < -0.3 is 15.4 Å². The molecule has 2 N–H and O–H groups in total. The molecule has 2 rings (SSSR count). The van der Waals surface area contributed by atoms with Crippen molar-refractivity contribution in [3.63, 3.8) is 0 Å². The number of nitrogens with zero attached hydrogens (tertiary/aromatic N) is 2. The molecule has 2 heterocycles. The van der Waals surface area contributed by atoms with Gasteiger partial charge in [0.2, 0.25) is 11.8 Å². The molecule has 0 spiro atoms. The summed E-state index contributed by atoms with van der Waals surface area (Å²) >= 11 is 5.78. The van der Waals surface area contributed by atoms with Crippen LogP contribution < -0.4 is 15.4 Å². The molecule has 0 fully saturated rings. The highest BCUT2D eigenvalue weighted by Gasteiger charge is 2.31. The highest BCUT2D eigenvalue weighted by molar-refractivity contribution is 6.31. The van der Waals surface area contributed by atoms with E-state index in [2.05, 4.69) is 20.6 Å². The first kappa shape index (κ1) is 22.4. The molecule has 0 aliphatic heterocycles. The van der Waals surface area contributed by atoms with Crippen LogP contribution in [0.4, 0.5) is 19.0 Å². The predicted molar refractivity (Wildman–Crippen MR) is 99.8 cm³/mol. The number of amides is 2. The van der Waals surface area contributed by atoms with E-state index < -0.39 is 23.7 Å². The van der Waals surface area contributed by atoms with Crippen LogP contribution in [0.15, 0.2) is 30.6 Å². The number of pyridine rings is 2. The fourth-order valence-electron chi connectivity index (χ4n) is 2.11. The predicted octanol–water partition coefficient (Wildman–Crippen LogP) is 3.69. The summed E-state index contributed by atoms with van der Waals surface area (Å²) in [6, 6.07) is 3.10. The molecule has 0 aliphatic rings. The van der Waals surface area contributed by atoms with Crippen molar-refractivity contribution >= 4 is 29.2 Å². The minimum atomic E-state index is -4.56. The second-order valence-electron chi connectivity index (χ2n) is 6.03. The number of rotatable bonds is 7. The van der Waals surface area contributed by atoms with E-state index in [0.717, 1.165) is 6.07 Å². The topological polar surface area (TPSA) is 93.2 Å². The maximum absolute atomic E-state index is 12.6. The third-order valence-corrected chi connectivity index (χ3v) is 3.86. The molecule has 0 saturated heterocycles. The molecule has 11 heteroatoms. The average Bonchev–Trinajstić information content (AvgIpc) is 2.66. The molecule has 2 aromatic rings. The molecule has 0 aliphatic carbocycles. The van der Waals surface area contributed by atoms with Gasteiger partial charge in [-0.3, -0.25) is 9.59 Å². The number of hydrogen-bond acceptors (Lipinski definition) is 5. The summed E-state index contributed by atoms with van der Waals surface area (Å²) in [6.45, 7) is 3.25. The fourth-order valence-corrected chi connectivity index (χ4v) is 2.33. The Hall–Kier alpha value is -2.88. The van der Waals surface area contributed by atoms with Crippen molar-refractivity contribution in [2.24, 2.45) is 0 Å². The molecule has 0 aromatic carbocycles. The molecule has 2 aromatic heterocycles. The zero-order valence-electron chi connectivity index (χ0n) is 15.5. The highest BCUT2D eigenvalue weighted by Crippen LogP contribution is 2.33. The van der Waals surface area contributed by atoms with E-state index in [9.17, 15) is 22.8 Å². The van der Waals surface area contributed by atoms with E-state index in [0.29, 0.717) is 6.20 Å². The van der Waals surface area contributed by atoms with Crippen LogP contribution in [0.25, 0.3) is 0 Å². The summed E-state index contributed by atoms with van der Waals surface area (Å²) in [7, 11) is 0. The number of carbonyl (C=O) groups is 2. The lowest BCUT2D eigenvalue weighted by molar-refractivity contribution is -0.137. The van der Waals surface area contributed by atoms with Crippen molar-refractivity contribution in [3.05, 3.63) is 46.7 Å². The van der Waals surface area contributed by atoms with Gasteiger partial charge in [-0.15, -0.1) is 0 Å². The standard InChI is InChI=1S/C18H18ClF3N4O3/c1-3-15(27)26-14-6-11(4-5-23-14)16(28)25-10(2)9-29-17-13(19)7-12(8-24-17)18(20,21)22/h4-8,10H,3,9H2,1-2H3,(H,25,28)(H,23,26,27)/t10-/m1/s1. The van der Waals surface area contributed by atoms with Gasteiger partial charge in [-0.05, 0) is 25.1 Å². The molecular formula is C18H18ClF3N4O3. The minimum Gasteiger partial charge on any atom is -0.474 e. The zero-order chi connectivity index (χ0) is 21.6. The first-order valence-corrected chi connectivity index (χ1v) is 8.90. The van der Waals surface area contributed by atoms with Crippen LogP contribution in [-0.4, -0.2) is 34.4 Å². The largest absolute Gasteiger partial charge is 0.474 e. The third-order valence-electron chi connectivity index (χ3n) is 3.59. The van der Waals surface area contributed by atoms with Crippen LogP contribution in [-0.2, 0) is 11.0 Å². The van der Waals surface area contributed by atoms with E-state index in [1.807, 2.05) is 0 Å². The van der Waals surface area contributed by atoms with Crippen molar-refractivity contribution in [1.29, 1.82) is 0 Å². The monoisotopic (exact) mass is 430 g/mol. The van der Waals surface area contributed by atoms with Crippen LogP contribution in [0.1, 0.15) is 36.2 Å². The minimum absolute atomic E-state index is 0.0751. The summed E-state index contributed by atoms with van der Waals surface area (Å²) in [5.41, 5.74) is -0.719.